The van der Waals surface area contributed by atoms with Crippen LogP contribution in [0.5, 0.6) is 11.6 Å². The van der Waals surface area contributed by atoms with E-state index < -0.39 is 4.92 Å². The number of aromatic nitrogens is 2. The standard InChI is InChI=1S/C11H8BrN3O3/c1-7-10(15(16)17)2-3-11(14-7)18-9-4-8(12)5-13-6-9/h2-6H,1H3. The van der Waals surface area contributed by atoms with Gasteiger partial charge in [-0.2, -0.15) is 0 Å². The first-order chi connectivity index (χ1) is 8.56. The zero-order valence-electron chi connectivity index (χ0n) is 9.33. The molecule has 0 bridgehead atoms. The van der Waals surface area contributed by atoms with Crippen molar-refractivity contribution in [3.05, 3.63) is 50.9 Å². The summed E-state index contributed by atoms with van der Waals surface area (Å²) in [5.74, 6) is 0.795. The minimum absolute atomic E-state index is 0.0327. The number of ether oxygens (including phenoxy) is 1. The maximum absolute atomic E-state index is 10.6. The number of pyridine rings is 2. The van der Waals surface area contributed by atoms with Gasteiger partial charge < -0.3 is 4.74 Å². The van der Waals surface area contributed by atoms with Crippen molar-refractivity contribution in [2.24, 2.45) is 0 Å². The Morgan fingerprint density at radius 3 is 2.78 bits per heavy atom. The Morgan fingerprint density at radius 1 is 1.39 bits per heavy atom. The van der Waals surface area contributed by atoms with E-state index in [0.29, 0.717) is 11.4 Å². The molecule has 0 saturated heterocycles. The van der Waals surface area contributed by atoms with Gasteiger partial charge in [-0.05, 0) is 28.9 Å². The van der Waals surface area contributed by atoms with E-state index in [1.165, 1.54) is 18.3 Å². The molecule has 2 aromatic rings. The van der Waals surface area contributed by atoms with Crippen LogP contribution in [0.1, 0.15) is 5.69 Å². The fraction of sp³-hybridized carbons (Fsp3) is 0.0909. The van der Waals surface area contributed by atoms with Gasteiger partial charge in [-0.15, -0.1) is 0 Å². The number of aryl methyl sites for hydroxylation is 1. The van der Waals surface area contributed by atoms with E-state index in [2.05, 4.69) is 25.9 Å². The summed E-state index contributed by atoms with van der Waals surface area (Å²) >= 11 is 3.27. The third kappa shape index (κ3) is 2.80. The molecule has 0 N–H and O–H groups in total. The van der Waals surface area contributed by atoms with Crippen LogP contribution in [-0.2, 0) is 0 Å². The SMILES string of the molecule is Cc1nc(Oc2cncc(Br)c2)ccc1[N+](=O)[O-]. The normalized spacial score (nSPS) is 10.1. The molecule has 0 aromatic carbocycles. The Labute approximate surface area is 111 Å². The Bertz CT molecular complexity index is 604. The lowest BCUT2D eigenvalue weighted by Gasteiger charge is -2.05. The first-order valence-corrected chi connectivity index (χ1v) is 5.76. The summed E-state index contributed by atoms with van der Waals surface area (Å²) in [5.41, 5.74) is 0.273. The summed E-state index contributed by atoms with van der Waals surface area (Å²) in [6.45, 7) is 1.56. The van der Waals surface area contributed by atoms with E-state index in [4.69, 9.17) is 4.74 Å². The molecule has 6 nitrogen and oxygen atoms in total. The maximum Gasteiger partial charge on any atom is 0.290 e. The van der Waals surface area contributed by atoms with Crippen molar-refractivity contribution in [3.8, 4) is 11.6 Å². The van der Waals surface area contributed by atoms with Gasteiger partial charge in [0.2, 0.25) is 5.88 Å². The van der Waals surface area contributed by atoms with Crippen LogP contribution in [0.3, 0.4) is 0 Å². The highest BCUT2D eigenvalue weighted by atomic mass is 79.9. The number of hydrogen-bond acceptors (Lipinski definition) is 5. The topological polar surface area (TPSA) is 78.2 Å². The molecule has 0 unspecified atom stereocenters. The highest BCUT2D eigenvalue weighted by molar-refractivity contribution is 9.10. The van der Waals surface area contributed by atoms with Crippen LogP contribution < -0.4 is 4.74 Å². The largest absolute Gasteiger partial charge is 0.437 e. The van der Waals surface area contributed by atoms with Crippen LogP contribution in [-0.4, -0.2) is 14.9 Å². The van der Waals surface area contributed by atoms with Crippen molar-refractivity contribution >= 4 is 21.6 Å². The fourth-order valence-electron chi connectivity index (χ4n) is 1.35. The summed E-state index contributed by atoms with van der Waals surface area (Å²) in [6, 6.07) is 4.54. The van der Waals surface area contributed by atoms with Gasteiger partial charge >= 0.3 is 0 Å². The summed E-state index contributed by atoms with van der Waals surface area (Å²) in [4.78, 5) is 18.1. The number of nitro groups is 1. The second-order valence-corrected chi connectivity index (χ2v) is 4.37. The molecule has 2 rings (SSSR count). The van der Waals surface area contributed by atoms with Crippen LogP contribution in [0.4, 0.5) is 5.69 Å². The Hall–Kier alpha value is -2.02. The minimum atomic E-state index is -0.479. The Kier molecular flexibility index (Phi) is 3.52. The molecule has 0 aliphatic rings. The van der Waals surface area contributed by atoms with Crippen LogP contribution in [0.15, 0.2) is 35.1 Å². The lowest BCUT2D eigenvalue weighted by molar-refractivity contribution is -0.385. The van der Waals surface area contributed by atoms with Crippen molar-refractivity contribution in [2.75, 3.05) is 0 Å². The van der Waals surface area contributed by atoms with Gasteiger partial charge in [0.05, 0.1) is 11.1 Å². The van der Waals surface area contributed by atoms with E-state index in [0.717, 1.165) is 4.47 Å². The van der Waals surface area contributed by atoms with Crippen molar-refractivity contribution in [1.82, 2.24) is 9.97 Å². The van der Waals surface area contributed by atoms with Crippen LogP contribution >= 0.6 is 15.9 Å². The smallest absolute Gasteiger partial charge is 0.290 e. The molecule has 0 radical (unpaired) electrons. The Morgan fingerprint density at radius 2 is 2.17 bits per heavy atom. The molecule has 0 aliphatic heterocycles. The van der Waals surface area contributed by atoms with Crippen molar-refractivity contribution in [3.63, 3.8) is 0 Å². The van der Waals surface area contributed by atoms with E-state index in [9.17, 15) is 10.1 Å². The van der Waals surface area contributed by atoms with E-state index in [1.807, 2.05) is 0 Å². The molecule has 0 saturated carbocycles. The third-order valence-electron chi connectivity index (χ3n) is 2.13. The molecular formula is C11H8BrN3O3. The molecule has 0 amide bonds. The second kappa shape index (κ2) is 5.09. The van der Waals surface area contributed by atoms with Gasteiger partial charge in [-0.25, -0.2) is 4.98 Å². The highest BCUT2D eigenvalue weighted by Crippen LogP contribution is 2.24. The van der Waals surface area contributed by atoms with Crippen molar-refractivity contribution < 1.29 is 9.66 Å². The molecule has 2 aromatic heterocycles. The van der Waals surface area contributed by atoms with E-state index >= 15 is 0 Å². The van der Waals surface area contributed by atoms with E-state index in [1.54, 1.807) is 19.2 Å². The molecular weight excluding hydrogens is 302 g/mol. The zero-order chi connectivity index (χ0) is 13.1. The molecule has 0 atom stereocenters. The summed E-state index contributed by atoms with van der Waals surface area (Å²) < 4.78 is 6.23. The zero-order valence-corrected chi connectivity index (χ0v) is 10.9. The first kappa shape index (κ1) is 12.4. The summed E-state index contributed by atoms with van der Waals surface area (Å²) in [5, 5.41) is 10.6. The predicted octanol–water partition coefficient (Wildman–Crippen LogP) is 3.25. The molecule has 7 heteroatoms. The fourth-order valence-corrected chi connectivity index (χ4v) is 1.69. The van der Waals surface area contributed by atoms with Crippen molar-refractivity contribution in [1.29, 1.82) is 0 Å². The first-order valence-electron chi connectivity index (χ1n) is 4.96. The third-order valence-corrected chi connectivity index (χ3v) is 2.56. The van der Waals surface area contributed by atoms with Gasteiger partial charge in [0, 0.05) is 22.8 Å². The van der Waals surface area contributed by atoms with Gasteiger partial charge in [-0.3, -0.25) is 15.1 Å². The quantitative estimate of drug-likeness (QED) is 0.642. The average molecular weight is 310 g/mol. The highest BCUT2D eigenvalue weighted by Gasteiger charge is 2.12. The van der Waals surface area contributed by atoms with Crippen LogP contribution in [0, 0.1) is 17.0 Å². The monoisotopic (exact) mass is 309 g/mol. The minimum Gasteiger partial charge on any atom is -0.437 e. The number of rotatable bonds is 3. The van der Waals surface area contributed by atoms with E-state index in [-0.39, 0.29) is 11.6 Å². The lowest BCUT2D eigenvalue weighted by atomic mass is 10.3. The Balaban J connectivity index is 2.25. The maximum atomic E-state index is 10.6. The number of nitrogens with zero attached hydrogens (tertiary/aromatic N) is 3. The van der Waals surface area contributed by atoms with Gasteiger partial charge in [0.25, 0.3) is 5.69 Å². The van der Waals surface area contributed by atoms with Crippen molar-refractivity contribution in [2.45, 2.75) is 6.92 Å². The molecule has 0 aliphatic carbocycles. The molecule has 2 heterocycles. The van der Waals surface area contributed by atoms with Gasteiger partial charge in [0.15, 0.2) is 0 Å². The van der Waals surface area contributed by atoms with Crippen LogP contribution in [0.25, 0.3) is 0 Å². The molecule has 18 heavy (non-hydrogen) atoms. The van der Waals surface area contributed by atoms with Crippen LogP contribution in [0.2, 0.25) is 0 Å². The summed E-state index contributed by atoms with van der Waals surface area (Å²) in [6.07, 6.45) is 3.16. The summed E-state index contributed by atoms with van der Waals surface area (Å²) in [7, 11) is 0. The molecule has 0 spiro atoms. The molecule has 0 fully saturated rings. The second-order valence-electron chi connectivity index (χ2n) is 3.45. The van der Waals surface area contributed by atoms with Gasteiger partial charge in [-0.1, -0.05) is 0 Å². The number of hydrogen-bond donors (Lipinski definition) is 0. The molecule has 92 valence electrons. The average Bonchev–Trinajstić information content (AvgIpc) is 2.28. The number of halogens is 1. The lowest BCUT2D eigenvalue weighted by Crippen LogP contribution is -1.96. The predicted molar refractivity (Wildman–Crippen MR) is 67.6 cm³/mol. The van der Waals surface area contributed by atoms with Gasteiger partial charge in [0.1, 0.15) is 11.4 Å².